The van der Waals surface area contributed by atoms with Crippen molar-refractivity contribution in [3.8, 4) is 5.75 Å². The second-order valence-corrected chi connectivity index (χ2v) is 8.67. The molecule has 1 saturated heterocycles. The molecule has 2 fully saturated rings. The first-order valence-electron chi connectivity index (χ1n) is 9.42. The van der Waals surface area contributed by atoms with Crippen molar-refractivity contribution in [2.24, 2.45) is 11.8 Å². The normalized spacial score (nSPS) is 29.4. The van der Waals surface area contributed by atoms with E-state index in [1.807, 2.05) is 12.1 Å². The number of thiazole rings is 1. The van der Waals surface area contributed by atoms with Crippen LogP contribution in [0.5, 0.6) is 5.75 Å². The average Bonchev–Trinajstić information content (AvgIpc) is 3.27. The molecule has 8 heteroatoms. The number of carboxylic acid groups (broad SMARTS) is 1. The van der Waals surface area contributed by atoms with Gasteiger partial charge in [0.25, 0.3) is 0 Å². The maximum atomic E-state index is 11.0. The van der Waals surface area contributed by atoms with Gasteiger partial charge in [-0.1, -0.05) is 17.7 Å². The molecule has 2 heterocycles. The molecule has 2 N–H and O–H groups in total. The second kappa shape index (κ2) is 8.37. The van der Waals surface area contributed by atoms with E-state index < -0.39 is 12.1 Å². The highest BCUT2D eigenvalue weighted by atomic mass is 35.5. The van der Waals surface area contributed by atoms with Crippen LogP contribution in [0.25, 0.3) is 0 Å². The van der Waals surface area contributed by atoms with E-state index >= 15 is 0 Å². The molecular weight excluding hydrogens is 402 g/mol. The second-order valence-electron chi connectivity index (χ2n) is 7.34. The van der Waals surface area contributed by atoms with E-state index in [1.54, 1.807) is 17.5 Å². The van der Waals surface area contributed by atoms with Crippen molar-refractivity contribution in [1.29, 1.82) is 0 Å². The molecule has 2 aromatic rings. The molecule has 2 aliphatic rings. The third kappa shape index (κ3) is 4.17. The first-order chi connectivity index (χ1) is 13.5. The Bertz CT molecular complexity index is 844. The van der Waals surface area contributed by atoms with Crippen molar-refractivity contribution in [3.05, 3.63) is 45.4 Å². The summed E-state index contributed by atoms with van der Waals surface area (Å²) in [4.78, 5) is 15.2. The Balaban J connectivity index is 1.33. The Kier molecular flexibility index (Phi) is 5.87. The van der Waals surface area contributed by atoms with Crippen LogP contribution in [0.2, 0.25) is 5.02 Å². The predicted molar refractivity (Wildman–Crippen MR) is 105 cm³/mol. The molecule has 1 aliphatic heterocycles. The smallest absolute Gasteiger partial charge is 0.355 e. The Morgan fingerprint density at radius 3 is 3.00 bits per heavy atom. The summed E-state index contributed by atoms with van der Waals surface area (Å²) in [5.74, 6) is 0.130. The zero-order valence-electron chi connectivity index (χ0n) is 15.2. The van der Waals surface area contributed by atoms with Crippen LogP contribution in [0, 0.1) is 11.8 Å². The zero-order valence-corrected chi connectivity index (χ0v) is 16.7. The van der Waals surface area contributed by atoms with Crippen molar-refractivity contribution >= 4 is 28.9 Å². The lowest BCUT2D eigenvalue weighted by Crippen LogP contribution is -2.31. The van der Waals surface area contributed by atoms with Crippen molar-refractivity contribution in [1.82, 2.24) is 4.98 Å². The van der Waals surface area contributed by atoms with E-state index in [9.17, 15) is 9.90 Å². The number of carbonyl (C=O) groups is 1. The van der Waals surface area contributed by atoms with Gasteiger partial charge < -0.3 is 19.7 Å². The molecule has 0 radical (unpaired) electrons. The fourth-order valence-electron chi connectivity index (χ4n) is 4.32. The quantitative estimate of drug-likeness (QED) is 0.724. The number of benzene rings is 1. The third-order valence-electron chi connectivity index (χ3n) is 5.63. The number of nitrogens with zero attached hydrogens (tertiary/aromatic N) is 1. The molecule has 0 amide bonds. The number of fused-ring (bicyclic) bond motifs is 1. The summed E-state index contributed by atoms with van der Waals surface area (Å²) in [7, 11) is 0. The molecule has 0 unspecified atom stereocenters. The van der Waals surface area contributed by atoms with E-state index in [4.69, 9.17) is 26.2 Å². The standard InChI is InChI=1S/C20H22ClNO5S/c21-11-2-1-3-12(8-11)26-7-6-13-14-4-5-17(27-18(14)9-16(13)23)19-22-15(10-28-19)20(24)25/h1-3,8,10,13-14,16-18,23H,4-7,9H2,(H,24,25)/t13-,14-,16-,17-,18+/m1/s1. The van der Waals surface area contributed by atoms with Crippen LogP contribution in [0.15, 0.2) is 29.6 Å². The summed E-state index contributed by atoms with van der Waals surface area (Å²) in [6.45, 7) is 0.517. The SMILES string of the molecule is O=C(O)c1csc([C@H]2CC[C@@H]3[C@@H](CCOc4cccc(Cl)c4)[C@H](O)C[C@@H]3O2)n1. The van der Waals surface area contributed by atoms with Gasteiger partial charge in [-0.2, -0.15) is 0 Å². The maximum absolute atomic E-state index is 11.0. The van der Waals surface area contributed by atoms with Crippen LogP contribution in [0.3, 0.4) is 0 Å². The van der Waals surface area contributed by atoms with E-state index in [-0.39, 0.29) is 29.7 Å². The Morgan fingerprint density at radius 2 is 2.25 bits per heavy atom. The van der Waals surface area contributed by atoms with Gasteiger partial charge in [-0.25, -0.2) is 9.78 Å². The van der Waals surface area contributed by atoms with Crippen molar-refractivity contribution in [2.45, 2.75) is 44.0 Å². The molecule has 0 bridgehead atoms. The van der Waals surface area contributed by atoms with Gasteiger partial charge in [0.1, 0.15) is 16.9 Å². The predicted octanol–water partition coefficient (Wildman–Crippen LogP) is 4.18. The number of halogens is 1. The molecule has 5 atom stereocenters. The Labute approximate surface area is 172 Å². The summed E-state index contributed by atoms with van der Waals surface area (Å²) in [6, 6.07) is 7.30. The van der Waals surface area contributed by atoms with E-state index in [2.05, 4.69) is 4.98 Å². The van der Waals surface area contributed by atoms with Crippen molar-refractivity contribution in [3.63, 3.8) is 0 Å². The monoisotopic (exact) mass is 423 g/mol. The topological polar surface area (TPSA) is 88.9 Å². The largest absolute Gasteiger partial charge is 0.494 e. The highest BCUT2D eigenvalue weighted by Gasteiger charge is 2.46. The number of ether oxygens (including phenoxy) is 2. The van der Waals surface area contributed by atoms with Crippen LogP contribution < -0.4 is 4.74 Å². The molecule has 28 heavy (non-hydrogen) atoms. The number of aliphatic hydroxyl groups is 1. The van der Waals surface area contributed by atoms with Crippen LogP contribution >= 0.6 is 22.9 Å². The minimum absolute atomic E-state index is 0.0258. The number of hydrogen-bond donors (Lipinski definition) is 2. The van der Waals surface area contributed by atoms with Gasteiger partial charge in [0.05, 0.1) is 18.8 Å². The molecule has 0 spiro atoms. The Hall–Kier alpha value is -1.67. The van der Waals surface area contributed by atoms with Gasteiger partial charge >= 0.3 is 5.97 Å². The number of aromatic carboxylic acids is 1. The van der Waals surface area contributed by atoms with Crippen LogP contribution in [0.4, 0.5) is 0 Å². The fraction of sp³-hybridized carbons (Fsp3) is 0.500. The number of aromatic nitrogens is 1. The first-order valence-corrected chi connectivity index (χ1v) is 10.7. The molecule has 150 valence electrons. The summed E-state index contributed by atoms with van der Waals surface area (Å²) < 4.78 is 12.0. The highest BCUT2D eigenvalue weighted by molar-refractivity contribution is 7.09. The lowest BCUT2D eigenvalue weighted by Gasteiger charge is -2.34. The molecule has 1 saturated carbocycles. The number of rotatable bonds is 6. The van der Waals surface area contributed by atoms with E-state index in [1.165, 1.54) is 11.3 Å². The van der Waals surface area contributed by atoms with Crippen LogP contribution in [0.1, 0.15) is 47.3 Å². The minimum atomic E-state index is -1.02. The van der Waals surface area contributed by atoms with Crippen LogP contribution in [-0.4, -0.2) is 40.0 Å². The summed E-state index contributed by atoms with van der Waals surface area (Å²) in [5.41, 5.74) is 0.0632. The number of carboxylic acids is 1. The average molecular weight is 424 g/mol. The van der Waals surface area contributed by atoms with Crippen LogP contribution in [-0.2, 0) is 4.74 Å². The Morgan fingerprint density at radius 1 is 1.39 bits per heavy atom. The summed E-state index contributed by atoms with van der Waals surface area (Å²) in [6.07, 6.45) is 2.43. The molecule has 1 aromatic heterocycles. The van der Waals surface area contributed by atoms with Crippen molar-refractivity contribution in [2.75, 3.05) is 6.61 Å². The van der Waals surface area contributed by atoms with Gasteiger partial charge in [0.2, 0.25) is 0 Å². The zero-order chi connectivity index (χ0) is 19.7. The maximum Gasteiger partial charge on any atom is 0.355 e. The van der Waals surface area contributed by atoms with Gasteiger partial charge in [-0.15, -0.1) is 11.3 Å². The van der Waals surface area contributed by atoms with Gasteiger partial charge in [-0.05, 0) is 49.3 Å². The number of aliphatic hydroxyl groups excluding tert-OH is 1. The van der Waals surface area contributed by atoms with E-state index in [0.29, 0.717) is 23.1 Å². The van der Waals surface area contributed by atoms with Crippen molar-refractivity contribution < 1.29 is 24.5 Å². The summed E-state index contributed by atoms with van der Waals surface area (Å²) >= 11 is 7.30. The highest BCUT2D eigenvalue weighted by Crippen LogP contribution is 2.47. The third-order valence-corrected chi connectivity index (χ3v) is 6.80. The molecular formula is C20H22ClNO5S. The van der Waals surface area contributed by atoms with E-state index in [0.717, 1.165) is 25.0 Å². The number of hydrogen-bond acceptors (Lipinski definition) is 6. The molecule has 6 nitrogen and oxygen atoms in total. The fourth-order valence-corrected chi connectivity index (χ4v) is 5.36. The lowest BCUT2D eigenvalue weighted by molar-refractivity contribution is -0.0798. The lowest BCUT2D eigenvalue weighted by atomic mass is 9.85. The van der Waals surface area contributed by atoms with Gasteiger partial charge in [0.15, 0.2) is 5.69 Å². The summed E-state index contributed by atoms with van der Waals surface area (Å²) in [5, 5.41) is 22.5. The first kappa shape index (κ1) is 19.6. The molecule has 4 rings (SSSR count). The van der Waals surface area contributed by atoms with Gasteiger partial charge in [-0.3, -0.25) is 0 Å². The van der Waals surface area contributed by atoms with Gasteiger partial charge in [0, 0.05) is 16.8 Å². The minimum Gasteiger partial charge on any atom is -0.494 e. The molecule has 1 aromatic carbocycles. The molecule has 1 aliphatic carbocycles.